The van der Waals surface area contributed by atoms with Crippen LogP contribution in [0.25, 0.3) is 6.08 Å². The van der Waals surface area contributed by atoms with Crippen molar-refractivity contribution in [2.75, 3.05) is 0 Å². The van der Waals surface area contributed by atoms with Gasteiger partial charge in [-0.2, -0.15) is 13.6 Å². The lowest BCUT2D eigenvalue weighted by Crippen LogP contribution is -2.19. The maximum Gasteiger partial charge on any atom is 0.380 e. The number of sulfone groups is 1. The summed E-state index contributed by atoms with van der Waals surface area (Å²) in [6, 6.07) is 4.17. The van der Waals surface area contributed by atoms with Crippen LogP contribution in [0.1, 0.15) is 64.4 Å². The number of hydrogen-bond acceptors (Lipinski definition) is 5. The van der Waals surface area contributed by atoms with E-state index in [2.05, 4.69) is 4.18 Å². The molecule has 0 amide bonds. The van der Waals surface area contributed by atoms with Crippen LogP contribution in [0, 0.1) is 5.92 Å². The lowest BCUT2D eigenvalue weighted by Gasteiger charge is -2.21. The Balaban J connectivity index is 0.00000117. The van der Waals surface area contributed by atoms with E-state index in [4.69, 9.17) is 5.14 Å². The molecule has 8 heteroatoms. The molecule has 6 nitrogen and oxygen atoms in total. The summed E-state index contributed by atoms with van der Waals surface area (Å²) in [5.41, 5.74) is 0.565. The summed E-state index contributed by atoms with van der Waals surface area (Å²) in [7, 11) is -7.76. The lowest BCUT2D eigenvalue weighted by molar-refractivity contribution is 0.340. The van der Waals surface area contributed by atoms with E-state index in [1.54, 1.807) is 12.1 Å². The van der Waals surface area contributed by atoms with E-state index in [-0.39, 0.29) is 10.6 Å². The predicted molar refractivity (Wildman–Crippen MR) is 102 cm³/mol. The second-order valence-corrected chi connectivity index (χ2v) is 9.56. The molecule has 1 fully saturated rings. The zero-order chi connectivity index (χ0) is 19.4. The average Bonchev–Trinajstić information content (AvgIpc) is 2.85. The summed E-state index contributed by atoms with van der Waals surface area (Å²) in [6.07, 6.45) is 9.14. The largest absolute Gasteiger partial charge is 0.380 e. The van der Waals surface area contributed by atoms with E-state index < -0.39 is 20.1 Å². The van der Waals surface area contributed by atoms with Gasteiger partial charge in [-0.15, -0.1) is 0 Å². The van der Waals surface area contributed by atoms with Gasteiger partial charge in [0.05, 0.1) is 4.90 Å². The summed E-state index contributed by atoms with van der Waals surface area (Å²) in [4.78, 5) is 0.484. The number of benzene rings is 1. The molecule has 1 aliphatic heterocycles. The van der Waals surface area contributed by atoms with E-state index in [1.165, 1.54) is 44.2 Å². The molecule has 1 heterocycles. The van der Waals surface area contributed by atoms with Crippen LogP contribution in [-0.4, -0.2) is 16.8 Å². The van der Waals surface area contributed by atoms with Gasteiger partial charge < -0.3 is 4.18 Å². The molecule has 0 aromatic heterocycles. The summed E-state index contributed by atoms with van der Waals surface area (Å²) in [5, 5.41) is 4.83. The van der Waals surface area contributed by atoms with Gasteiger partial charge in [-0.3, -0.25) is 0 Å². The van der Waals surface area contributed by atoms with Gasteiger partial charge in [-0.1, -0.05) is 46.0 Å². The van der Waals surface area contributed by atoms with Crippen LogP contribution in [0.5, 0.6) is 5.75 Å². The summed E-state index contributed by atoms with van der Waals surface area (Å²) in [5.74, 6) is 0.501. The molecular weight excluding hydrogens is 374 g/mol. The zero-order valence-corrected chi connectivity index (χ0v) is 16.9. The number of nitrogens with two attached hydrogens (primary N) is 1. The minimum Gasteiger partial charge on any atom is -0.371 e. The number of hydrogen-bond donors (Lipinski definition) is 1. The minimum atomic E-state index is -4.18. The minimum absolute atomic E-state index is 0.0855. The summed E-state index contributed by atoms with van der Waals surface area (Å²) < 4.78 is 51.9. The molecule has 0 bridgehead atoms. The molecule has 0 unspecified atom stereocenters. The highest BCUT2D eigenvalue weighted by molar-refractivity contribution is 7.95. The van der Waals surface area contributed by atoms with Gasteiger partial charge >= 0.3 is 10.3 Å². The smallest absolute Gasteiger partial charge is 0.371 e. The van der Waals surface area contributed by atoms with E-state index in [9.17, 15) is 16.8 Å². The number of allylic oxidation sites excluding steroid dienone is 1. The molecule has 0 radical (unpaired) electrons. The van der Waals surface area contributed by atoms with Crippen molar-refractivity contribution in [1.29, 1.82) is 0 Å². The van der Waals surface area contributed by atoms with Gasteiger partial charge in [-0.25, -0.2) is 8.42 Å². The molecule has 1 aromatic rings. The Morgan fingerprint density at radius 1 is 1.15 bits per heavy atom. The van der Waals surface area contributed by atoms with Gasteiger partial charge in [-0.05, 0) is 42.5 Å². The summed E-state index contributed by atoms with van der Waals surface area (Å²) in [6.45, 7) is 4.00. The van der Waals surface area contributed by atoms with Gasteiger partial charge in [0.15, 0.2) is 0 Å². The second kappa shape index (κ2) is 8.54. The average molecular weight is 402 g/mol. The van der Waals surface area contributed by atoms with Crippen LogP contribution in [0.4, 0.5) is 0 Å². The Kier molecular flexibility index (Phi) is 6.87. The van der Waals surface area contributed by atoms with E-state index in [0.29, 0.717) is 22.8 Å². The molecule has 0 spiro atoms. The van der Waals surface area contributed by atoms with Crippen molar-refractivity contribution in [2.24, 2.45) is 11.1 Å². The van der Waals surface area contributed by atoms with Crippen molar-refractivity contribution in [3.63, 3.8) is 0 Å². The zero-order valence-electron chi connectivity index (χ0n) is 15.3. The quantitative estimate of drug-likeness (QED) is 0.808. The van der Waals surface area contributed by atoms with Crippen molar-refractivity contribution in [3.8, 4) is 5.75 Å². The lowest BCUT2D eigenvalue weighted by atomic mass is 9.86. The molecule has 146 valence electrons. The third kappa shape index (κ3) is 5.08. The van der Waals surface area contributed by atoms with Crippen molar-refractivity contribution in [3.05, 3.63) is 28.7 Å². The highest BCUT2D eigenvalue weighted by atomic mass is 32.2. The normalized spacial score (nSPS) is 19.1. The molecule has 3 rings (SSSR count). The molecule has 0 atom stereocenters. The van der Waals surface area contributed by atoms with Gasteiger partial charge in [0, 0.05) is 11.0 Å². The summed E-state index contributed by atoms with van der Waals surface area (Å²) >= 11 is 0. The molecule has 26 heavy (non-hydrogen) atoms. The SMILES string of the molecule is CC.NS(=O)(=O)Oc1ccc2c(c1)S(=O)(=O)C(CCC1CCCCC1)=C2. The fraction of sp³-hybridized carbons (Fsp3) is 0.556. The van der Waals surface area contributed by atoms with Crippen LogP contribution >= 0.6 is 0 Å². The Labute approximate surface area is 156 Å². The molecule has 0 saturated heterocycles. The Hall–Kier alpha value is -1.38. The molecule has 1 aliphatic carbocycles. The van der Waals surface area contributed by atoms with E-state index >= 15 is 0 Å². The molecular formula is C18H27NO5S2. The molecule has 2 N–H and O–H groups in total. The number of fused-ring (bicyclic) bond motifs is 1. The van der Waals surface area contributed by atoms with Crippen molar-refractivity contribution >= 4 is 26.2 Å². The third-order valence-corrected chi connectivity index (χ3v) is 7.04. The first-order valence-corrected chi connectivity index (χ1v) is 12.0. The van der Waals surface area contributed by atoms with Gasteiger partial charge in [0.25, 0.3) is 0 Å². The fourth-order valence-electron chi connectivity index (χ4n) is 3.47. The van der Waals surface area contributed by atoms with Crippen molar-refractivity contribution < 1.29 is 21.0 Å². The fourth-order valence-corrected chi connectivity index (χ4v) is 5.51. The number of rotatable bonds is 5. The first-order chi connectivity index (χ1) is 12.3. The van der Waals surface area contributed by atoms with Crippen LogP contribution in [0.2, 0.25) is 0 Å². The van der Waals surface area contributed by atoms with Crippen LogP contribution in [0.15, 0.2) is 28.0 Å². The van der Waals surface area contributed by atoms with Gasteiger partial charge in [0.1, 0.15) is 5.75 Å². The van der Waals surface area contributed by atoms with E-state index in [1.807, 2.05) is 13.8 Å². The van der Waals surface area contributed by atoms with Crippen molar-refractivity contribution in [2.45, 2.75) is 63.7 Å². The highest BCUT2D eigenvalue weighted by Crippen LogP contribution is 2.39. The standard InChI is InChI=1S/C16H21NO5S2.C2H6/c17-24(20,21)22-14-8-7-13-10-15(23(18,19)16(13)11-14)9-6-12-4-2-1-3-5-12;1-2/h7-8,10-12H,1-6,9H2,(H2,17,20,21);1-2H3. The highest BCUT2D eigenvalue weighted by Gasteiger charge is 2.30. The van der Waals surface area contributed by atoms with Gasteiger partial charge in [0.2, 0.25) is 9.84 Å². The molecule has 2 aliphatic rings. The first kappa shape index (κ1) is 20.9. The predicted octanol–water partition coefficient (Wildman–Crippen LogP) is 3.78. The van der Waals surface area contributed by atoms with E-state index in [0.717, 1.165) is 6.42 Å². The topological polar surface area (TPSA) is 104 Å². The van der Waals surface area contributed by atoms with Crippen LogP contribution < -0.4 is 9.32 Å². The maximum atomic E-state index is 12.7. The molecule has 1 saturated carbocycles. The maximum absolute atomic E-state index is 12.7. The Bertz CT molecular complexity index is 867. The van der Waals surface area contributed by atoms with Crippen LogP contribution in [0.3, 0.4) is 0 Å². The monoisotopic (exact) mass is 401 g/mol. The second-order valence-electron chi connectivity index (χ2n) is 6.43. The third-order valence-electron chi connectivity index (χ3n) is 4.67. The molecule has 1 aromatic carbocycles. The van der Waals surface area contributed by atoms with Crippen molar-refractivity contribution in [1.82, 2.24) is 0 Å². The first-order valence-electron chi connectivity index (χ1n) is 9.08. The van der Waals surface area contributed by atoms with Crippen LogP contribution in [-0.2, 0) is 20.1 Å². The Morgan fingerprint density at radius 2 is 1.81 bits per heavy atom. The Morgan fingerprint density at radius 3 is 2.42 bits per heavy atom.